The van der Waals surface area contributed by atoms with Crippen molar-refractivity contribution in [1.29, 1.82) is 0 Å². The minimum absolute atomic E-state index is 0.371. The Morgan fingerprint density at radius 1 is 0.308 bits per heavy atom. The van der Waals surface area contributed by atoms with Gasteiger partial charge in [-0.15, -0.1) is 22.2 Å². The third-order valence-electron chi connectivity index (χ3n) is 8.52. The van der Waals surface area contributed by atoms with E-state index in [2.05, 4.69) is 0 Å². The molecule has 39 heavy (non-hydrogen) atoms. The summed E-state index contributed by atoms with van der Waals surface area (Å²) in [6.07, 6.45) is 45.2. The van der Waals surface area contributed by atoms with E-state index in [1.54, 1.807) is 0 Å². The van der Waals surface area contributed by atoms with Gasteiger partial charge in [-0.2, -0.15) is 0 Å². The summed E-state index contributed by atoms with van der Waals surface area (Å²) in [7, 11) is 0. The molecule has 236 valence electrons. The summed E-state index contributed by atoms with van der Waals surface area (Å²) in [5.74, 6) is 0. The van der Waals surface area contributed by atoms with Crippen LogP contribution in [0.3, 0.4) is 0 Å². The molecule has 0 bridgehead atoms. The molecule has 0 saturated carbocycles. The van der Waals surface area contributed by atoms with Crippen LogP contribution in [0.5, 0.6) is 0 Å². The zero-order chi connectivity index (χ0) is 28.5. The molecule has 0 radical (unpaired) electrons. The van der Waals surface area contributed by atoms with Crippen LogP contribution in [0.2, 0.25) is 12.6 Å². The van der Waals surface area contributed by atoms with E-state index in [4.69, 9.17) is 27.3 Å². The Balaban J connectivity index is 3.04. The number of rotatable bonds is 34. The first-order valence-corrected chi connectivity index (χ1v) is 22.8. The van der Waals surface area contributed by atoms with Gasteiger partial charge in [0.05, 0.1) is 0 Å². The monoisotopic (exact) mass is 606 g/mol. The first-order valence-electron chi connectivity index (χ1n) is 18.0. The van der Waals surface area contributed by atoms with Crippen LogP contribution < -0.4 is 0 Å². The Morgan fingerprint density at radius 2 is 0.462 bits per heavy atom. The number of aliphatic hydroxyl groups is 1. The predicted octanol–water partition coefficient (Wildman–Crippen LogP) is 14.0. The van der Waals surface area contributed by atoms with Crippen LogP contribution >= 0.6 is 22.2 Å². The van der Waals surface area contributed by atoms with Gasteiger partial charge in [-0.3, -0.25) is 0 Å². The topological polar surface area (TPSA) is 20.2 Å². The average Bonchev–Trinajstić information content (AvgIpc) is 2.90. The maximum atomic E-state index is 8.79. The number of halogens is 2. The molecular formula is C35H72Cl2OSi. The molecule has 1 nitrogen and oxygen atoms in total. The molecule has 0 atom stereocenters. The fourth-order valence-electron chi connectivity index (χ4n) is 5.85. The lowest BCUT2D eigenvalue weighted by atomic mass is 10.0. The number of aliphatic hydroxyl groups excluding tert-OH is 1. The van der Waals surface area contributed by atoms with Crippen LogP contribution in [0.4, 0.5) is 0 Å². The quantitative estimate of drug-likeness (QED) is 0.0438. The van der Waals surface area contributed by atoms with Gasteiger partial charge in [-0.1, -0.05) is 199 Å². The zero-order valence-corrected chi connectivity index (χ0v) is 29.3. The zero-order valence-electron chi connectivity index (χ0n) is 26.7. The highest BCUT2D eigenvalue weighted by atomic mass is 35.7. The van der Waals surface area contributed by atoms with Crippen molar-refractivity contribution in [1.82, 2.24) is 0 Å². The van der Waals surface area contributed by atoms with Crippen molar-refractivity contribution in [3.05, 3.63) is 0 Å². The minimum Gasteiger partial charge on any atom is -0.396 e. The molecule has 1 N–H and O–H groups in total. The molecule has 4 heteroatoms. The lowest BCUT2D eigenvalue weighted by Crippen LogP contribution is -2.11. The van der Waals surface area contributed by atoms with Crippen LogP contribution in [0.1, 0.15) is 205 Å². The summed E-state index contributed by atoms with van der Waals surface area (Å²) in [6, 6.07) is 1.06. The highest BCUT2D eigenvalue weighted by Crippen LogP contribution is 2.23. The largest absolute Gasteiger partial charge is 0.396 e. The van der Waals surface area contributed by atoms with Gasteiger partial charge in [0, 0.05) is 6.61 Å². The van der Waals surface area contributed by atoms with E-state index in [1.807, 2.05) is 6.55 Å². The van der Waals surface area contributed by atoms with Gasteiger partial charge in [0.1, 0.15) is 0 Å². The van der Waals surface area contributed by atoms with E-state index < -0.39 is 6.69 Å². The Hall–Kier alpha value is 0.757. The molecule has 0 aliphatic rings. The summed E-state index contributed by atoms with van der Waals surface area (Å²) in [5, 5.41) is 8.79. The Morgan fingerprint density at radius 3 is 0.615 bits per heavy atom. The second-order valence-electron chi connectivity index (χ2n) is 12.9. The first-order chi connectivity index (χ1) is 19.1. The third-order valence-corrected chi connectivity index (χ3v) is 10.9. The highest BCUT2D eigenvalue weighted by Gasteiger charge is 2.19. The molecule has 0 aromatic rings. The van der Waals surface area contributed by atoms with Gasteiger partial charge in [0.25, 0.3) is 0 Å². The molecule has 0 rings (SSSR count). The maximum Gasteiger partial charge on any atom is 0.248 e. The standard InChI is InChI=1S/C35H72Cl2OSi/c1-39(36,37)35-33-31-29-27-25-23-21-19-17-15-13-11-9-7-5-3-2-4-6-8-10-12-14-16-18-20-22-24-26-28-30-32-34-38/h38H,2-35H2,1H3. The number of hydrogen-bond donors (Lipinski definition) is 1. The lowest BCUT2D eigenvalue weighted by Gasteiger charge is -2.09. The molecule has 0 aromatic carbocycles. The van der Waals surface area contributed by atoms with E-state index in [0.29, 0.717) is 6.61 Å². The van der Waals surface area contributed by atoms with E-state index in [1.165, 1.54) is 199 Å². The predicted molar refractivity (Wildman–Crippen MR) is 183 cm³/mol. The van der Waals surface area contributed by atoms with Crippen LogP contribution in [0.25, 0.3) is 0 Å². The summed E-state index contributed by atoms with van der Waals surface area (Å²) >= 11 is 12.3. The van der Waals surface area contributed by atoms with Gasteiger partial charge >= 0.3 is 0 Å². The fraction of sp³-hybridized carbons (Fsp3) is 1.00. The highest BCUT2D eigenvalue weighted by molar-refractivity contribution is 7.44. The second kappa shape index (κ2) is 33.3. The normalized spacial score (nSPS) is 12.0. The van der Waals surface area contributed by atoms with Crippen molar-refractivity contribution in [2.75, 3.05) is 6.61 Å². The van der Waals surface area contributed by atoms with Gasteiger partial charge in [-0.25, -0.2) is 0 Å². The summed E-state index contributed by atoms with van der Waals surface area (Å²) in [5.41, 5.74) is 0. The van der Waals surface area contributed by atoms with E-state index in [0.717, 1.165) is 12.5 Å². The molecule has 0 aromatic heterocycles. The Bertz CT molecular complexity index is 441. The molecule has 0 unspecified atom stereocenters. The Labute approximate surface area is 257 Å². The van der Waals surface area contributed by atoms with Gasteiger partial charge < -0.3 is 5.11 Å². The van der Waals surface area contributed by atoms with Crippen molar-refractivity contribution in [2.45, 2.75) is 218 Å². The minimum atomic E-state index is -1.84. The van der Waals surface area contributed by atoms with Crippen molar-refractivity contribution >= 4 is 28.9 Å². The molecule has 0 spiro atoms. The number of hydrogen-bond acceptors (Lipinski definition) is 1. The van der Waals surface area contributed by atoms with Crippen LogP contribution in [0, 0.1) is 0 Å². The van der Waals surface area contributed by atoms with Crippen LogP contribution in [0.15, 0.2) is 0 Å². The van der Waals surface area contributed by atoms with Crippen LogP contribution in [-0.4, -0.2) is 18.4 Å². The fourth-order valence-corrected chi connectivity index (χ4v) is 7.52. The number of unbranched alkanes of at least 4 members (excludes halogenated alkanes) is 31. The first kappa shape index (κ1) is 39.8. The van der Waals surface area contributed by atoms with E-state index >= 15 is 0 Å². The summed E-state index contributed by atoms with van der Waals surface area (Å²) < 4.78 is 0. The van der Waals surface area contributed by atoms with Gasteiger partial charge in [0.2, 0.25) is 6.69 Å². The average molecular weight is 608 g/mol. The third kappa shape index (κ3) is 38.8. The van der Waals surface area contributed by atoms with E-state index in [-0.39, 0.29) is 0 Å². The molecule has 0 heterocycles. The smallest absolute Gasteiger partial charge is 0.248 e. The van der Waals surface area contributed by atoms with E-state index in [9.17, 15) is 0 Å². The molecule has 0 aliphatic carbocycles. The van der Waals surface area contributed by atoms with Crippen molar-refractivity contribution in [2.24, 2.45) is 0 Å². The van der Waals surface area contributed by atoms with Crippen LogP contribution in [-0.2, 0) is 0 Å². The van der Waals surface area contributed by atoms with Crippen molar-refractivity contribution < 1.29 is 5.11 Å². The molecule has 0 aliphatic heterocycles. The molecular weight excluding hydrogens is 535 g/mol. The lowest BCUT2D eigenvalue weighted by molar-refractivity contribution is 0.282. The second-order valence-corrected chi connectivity index (χ2v) is 21.1. The summed E-state index contributed by atoms with van der Waals surface area (Å²) in [6.45, 7) is 0.568. The molecule has 0 fully saturated rings. The van der Waals surface area contributed by atoms with Crippen molar-refractivity contribution in [3.8, 4) is 0 Å². The molecule has 0 saturated heterocycles. The maximum absolute atomic E-state index is 8.79. The van der Waals surface area contributed by atoms with Crippen molar-refractivity contribution in [3.63, 3.8) is 0 Å². The van der Waals surface area contributed by atoms with Gasteiger partial charge in [-0.05, 0) is 19.0 Å². The molecule has 0 amide bonds. The summed E-state index contributed by atoms with van der Waals surface area (Å²) in [4.78, 5) is 0. The Kier molecular flexibility index (Phi) is 33.9. The van der Waals surface area contributed by atoms with Gasteiger partial charge in [0.15, 0.2) is 0 Å². The SMILES string of the molecule is C[Si](Cl)(Cl)CCCCCCCCCCCCCCCCCCCCCCCCCCCCCCCCCCO.